The van der Waals surface area contributed by atoms with Gasteiger partial charge in [0.1, 0.15) is 0 Å². The van der Waals surface area contributed by atoms with Gasteiger partial charge in [0, 0.05) is 44.7 Å². The molecule has 160 valence electrons. The van der Waals surface area contributed by atoms with Gasteiger partial charge in [-0.25, -0.2) is 0 Å². The van der Waals surface area contributed by atoms with Gasteiger partial charge in [0.15, 0.2) is 5.96 Å². The molecule has 0 bridgehead atoms. The molecule has 0 heterocycles. The molecule has 0 aliphatic rings. The quantitative estimate of drug-likeness (QED) is 0.247. The summed E-state index contributed by atoms with van der Waals surface area (Å²) in [6, 6.07) is 11.1. The van der Waals surface area contributed by atoms with Crippen LogP contribution in [0.4, 0.5) is 0 Å². The van der Waals surface area contributed by atoms with E-state index in [1.165, 1.54) is 5.56 Å². The zero-order valence-electron chi connectivity index (χ0n) is 18.0. The number of amides is 1. The molecule has 1 aromatic carbocycles. The van der Waals surface area contributed by atoms with Gasteiger partial charge in [0.05, 0.1) is 0 Å². The number of carbonyl (C=O) groups is 1. The van der Waals surface area contributed by atoms with Crippen molar-refractivity contribution in [2.45, 2.75) is 59.2 Å². The lowest BCUT2D eigenvalue weighted by Crippen LogP contribution is -2.40. The number of nitrogens with zero attached hydrogens (tertiary/aromatic N) is 2. The lowest BCUT2D eigenvalue weighted by molar-refractivity contribution is -0.121. The predicted octanol–water partition coefficient (Wildman–Crippen LogP) is 2.98. The molecule has 3 N–H and O–H groups in total. The van der Waals surface area contributed by atoms with E-state index in [1.54, 1.807) is 0 Å². The van der Waals surface area contributed by atoms with Crippen molar-refractivity contribution in [3.63, 3.8) is 0 Å². The van der Waals surface area contributed by atoms with Crippen molar-refractivity contribution in [1.29, 1.82) is 0 Å². The van der Waals surface area contributed by atoms with Gasteiger partial charge in [-0.1, -0.05) is 30.3 Å². The molecule has 1 amide bonds. The number of hydrogen-bond acceptors (Lipinski definition) is 3. The number of halogens is 1. The molecule has 0 aliphatic heterocycles. The van der Waals surface area contributed by atoms with Crippen molar-refractivity contribution >= 4 is 35.8 Å². The van der Waals surface area contributed by atoms with Crippen molar-refractivity contribution in [3.8, 4) is 0 Å². The van der Waals surface area contributed by atoms with Crippen molar-refractivity contribution < 1.29 is 4.79 Å². The third kappa shape index (κ3) is 12.2. The Morgan fingerprint density at radius 2 is 1.82 bits per heavy atom. The van der Waals surface area contributed by atoms with E-state index in [0.29, 0.717) is 19.0 Å². The van der Waals surface area contributed by atoms with Crippen LogP contribution in [0.2, 0.25) is 0 Å². The normalized spacial score (nSPS) is 12.5. The summed E-state index contributed by atoms with van der Waals surface area (Å²) in [5, 5.41) is 9.36. The van der Waals surface area contributed by atoms with E-state index in [2.05, 4.69) is 64.1 Å². The number of nitrogens with one attached hydrogen (secondary N) is 3. The highest BCUT2D eigenvalue weighted by Gasteiger charge is 2.09. The van der Waals surface area contributed by atoms with Gasteiger partial charge in [0.25, 0.3) is 0 Å². The van der Waals surface area contributed by atoms with Gasteiger partial charge >= 0.3 is 0 Å². The minimum Gasteiger partial charge on any atom is -0.357 e. The van der Waals surface area contributed by atoms with Crippen LogP contribution in [0.15, 0.2) is 35.3 Å². The van der Waals surface area contributed by atoms with E-state index < -0.39 is 0 Å². The highest BCUT2D eigenvalue weighted by atomic mass is 127. The maximum atomic E-state index is 11.7. The number of rotatable bonds is 11. The molecule has 7 heteroatoms. The van der Waals surface area contributed by atoms with Crippen LogP contribution < -0.4 is 16.0 Å². The number of hydrogen-bond donors (Lipinski definition) is 3. The van der Waals surface area contributed by atoms with E-state index in [0.717, 1.165) is 32.0 Å². The Labute approximate surface area is 188 Å². The third-order valence-electron chi connectivity index (χ3n) is 4.28. The summed E-state index contributed by atoms with van der Waals surface area (Å²) < 4.78 is 0. The molecule has 6 nitrogen and oxygen atoms in total. The molecule has 0 fully saturated rings. The van der Waals surface area contributed by atoms with Crippen LogP contribution in [0, 0.1) is 0 Å². The van der Waals surface area contributed by atoms with Crippen LogP contribution in [0.1, 0.15) is 46.1 Å². The smallest absolute Gasteiger partial charge is 0.221 e. The highest BCUT2D eigenvalue weighted by Crippen LogP contribution is 2.08. The van der Waals surface area contributed by atoms with E-state index in [-0.39, 0.29) is 35.9 Å². The second kappa shape index (κ2) is 15.6. The molecule has 0 saturated heterocycles. The summed E-state index contributed by atoms with van der Waals surface area (Å²) >= 11 is 0. The van der Waals surface area contributed by atoms with Crippen LogP contribution in [0.5, 0.6) is 0 Å². The van der Waals surface area contributed by atoms with Crippen molar-refractivity contribution in [3.05, 3.63) is 35.9 Å². The summed E-state index contributed by atoms with van der Waals surface area (Å²) in [5.41, 5.74) is 1.32. The number of guanidine groups is 1. The fourth-order valence-electron chi connectivity index (χ4n) is 2.64. The first-order chi connectivity index (χ1) is 12.9. The van der Waals surface area contributed by atoms with Crippen LogP contribution >= 0.6 is 24.0 Å². The Hall–Kier alpha value is -1.35. The zero-order valence-corrected chi connectivity index (χ0v) is 20.3. The van der Waals surface area contributed by atoms with Gasteiger partial charge in [-0.3, -0.25) is 14.7 Å². The van der Waals surface area contributed by atoms with Crippen molar-refractivity contribution in [2.75, 3.05) is 26.7 Å². The molecule has 0 aliphatic carbocycles. The Balaban J connectivity index is 0.00000729. The van der Waals surface area contributed by atoms with Gasteiger partial charge in [-0.2, -0.15) is 0 Å². The second-order valence-electron chi connectivity index (χ2n) is 7.20. The van der Waals surface area contributed by atoms with Crippen LogP contribution in [0.25, 0.3) is 0 Å². The van der Waals surface area contributed by atoms with Gasteiger partial charge in [-0.15, -0.1) is 24.0 Å². The molecule has 1 rings (SSSR count). The number of aliphatic imine (C=N–C) groups is 1. The number of carbonyl (C=O) groups excluding carboxylic acids is 1. The summed E-state index contributed by atoms with van der Waals surface area (Å²) in [7, 11) is 2.15. The minimum atomic E-state index is 0. The maximum absolute atomic E-state index is 11.7. The predicted molar refractivity (Wildman–Crippen MR) is 129 cm³/mol. The molecule has 1 aromatic rings. The first-order valence-electron chi connectivity index (χ1n) is 9.98. The van der Waals surface area contributed by atoms with E-state index in [4.69, 9.17) is 0 Å². The third-order valence-corrected chi connectivity index (χ3v) is 4.28. The van der Waals surface area contributed by atoms with Crippen LogP contribution in [-0.2, 0) is 11.3 Å². The number of benzene rings is 1. The van der Waals surface area contributed by atoms with Crippen molar-refractivity contribution in [2.24, 2.45) is 4.99 Å². The molecular formula is C21H38IN5O. The lowest BCUT2D eigenvalue weighted by atomic mass is 10.1. The average molecular weight is 503 g/mol. The Morgan fingerprint density at radius 3 is 2.43 bits per heavy atom. The summed E-state index contributed by atoms with van der Waals surface area (Å²) in [5.74, 6) is 0.831. The van der Waals surface area contributed by atoms with E-state index >= 15 is 0 Å². The monoisotopic (exact) mass is 503 g/mol. The first kappa shape index (κ1) is 26.6. The largest absolute Gasteiger partial charge is 0.357 e. The standard InChI is InChI=1S/C21H37N5O.HI/c1-6-22-21(24-15-13-20(27)25-17(2)3)23-14-12-18(4)26(5)16-19-10-8-7-9-11-19;/h7-11,17-18H,6,12-16H2,1-5H3,(H,25,27)(H2,22,23,24);1H. The summed E-state index contributed by atoms with van der Waals surface area (Å²) in [4.78, 5) is 18.7. The molecule has 0 saturated carbocycles. The molecule has 0 aromatic heterocycles. The molecular weight excluding hydrogens is 465 g/mol. The van der Waals surface area contributed by atoms with E-state index in [1.807, 2.05) is 26.8 Å². The molecule has 1 atom stereocenters. The Morgan fingerprint density at radius 1 is 1.14 bits per heavy atom. The summed E-state index contributed by atoms with van der Waals surface area (Å²) in [6.45, 7) is 11.3. The fraction of sp³-hybridized carbons (Fsp3) is 0.619. The van der Waals surface area contributed by atoms with Gasteiger partial charge in [0.2, 0.25) is 5.91 Å². The van der Waals surface area contributed by atoms with Gasteiger partial charge < -0.3 is 16.0 Å². The minimum absolute atomic E-state index is 0. The van der Waals surface area contributed by atoms with Crippen LogP contribution in [-0.4, -0.2) is 55.5 Å². The second-order valence-corrected chi connectivity index (χ2v) is 7.20. The average Bonchev–Trinajstić information content (AvgIpc) is 2.61. The SMILES string of the molecule is CCNC(=NCCC(C)N(C)Cc1ccccc1)NCCC(=O)NC(C)C.I. The van der Waals surface area contributed by atoms with E-state index in [9.17, 15) is 4.79 Å². The molecule has 28 heavy (non-hydrogen) atoms. The molecule has 1 unspecified atom stereocenters. The van der Waals surface area contributed by atoms with Crippen molar-refractivity contribution in [1.82, 2.24) is 20.9 Å². The Bertz CT molecular complexity index is 565. The Kier molecular flexibility index (Phi) is 14.8. The lowest BCUT2D eigenvalue weighted by Gasteiger charge is -2.24. The maximum Gasteiger partial charge on any atom is 0.221 e. The van der Waals surface area contributed by atoms with Gasteiger partial charge in [-0.05, 0) is 46.7 Å². The highest BCUT2D eigenvalue weighted by molar-refractivity contribution is 14.0. The fourth-order valence-corrected chi connectivity index (χ4v) is 2.64. The summed E-state index contributed by atoms with van der Waals surface area (Å²) in [6.07, 6.45) is 1.42. The first-order valence-corrected chi connectivity index (χ1v) is 9.98. The molecule has 0 spiro atoms. The topological polar surface area (TPSA) is 68.8 Å². The van der Waals surface area contributed by atoms with Crippen LogP contribution in [0.3, 0.4) is 0 Å². The zero-order chi connectivity index (χ0) is 20.1. The molecule has 0 radical (unpaired) electrons.